The van der Waals surface area contributed by atoms with Gasteiger partial charge in [0.1, 0.15) is 11.5 Å². The first-order valence-electron chi connectivity index (χ1n) is 13.4. The number of hydrogen-bond acceptors (Lipinski definition) is 4. The highest BCUT2D eigenvalue weighted by molar-refractivity contribution is 8.10. The summed E-state index contributed by atoms with van der Waals surface area (Å²) in [6.07, 6.45) is 0. The Morgan fingerprint density at radius 1 is 0.500 bits per heavy atom. The third-order valence-electron chi connectivity index (χ3n) is 6.58. The van der Waals surface area contributed by atoms with Gasteiger partial charge in [-0.2, -0.15) is 0 Å². The minimum Gasteiger partial charge on any atom is -0.441 e. The lowest BCUT2D eigenvalue weighted by atomic mass is 10.1. The zero-order valence-corrected chi connectivity index (χ0v) is 26.9. The number of rotatable bonds is 16. The first-order valence-corrected chi connectivity index (χ1v) is 18.6. The molecule has 6 nitrogen and oxygen atoms in total. The molecular weight excluding hydrogens is 526 g/mol. The minimum absolute atomic E-state index is 0.800. The third kappa shape index (κ3) is 6.90. The molecule has 204 valence electrons. The van der Waals surface area contributed by atoms with Crippen LogP contribution in [0.3, 0.4) is 0 Å². The molecule has 0 saturated carbocycles. The predicted molar refractivity (Wildman–Crippen MR) is 165 cm³/mol. The van der Waals surface area contributed by atoms with Crippen molar-refractivity contribution in [3.8, 4) is 11.5 Å². The zero-order valence-electron chi connectivity index (χ0n) is 23.4. The van der Waals surface area contributed by atoms with E-state index in [9.17, 15) is 0 Å². The smallest absolute Gasteiger partial charge is 0.253 e. The fraction of sp³-hybridized carbons (Fsp3) is 0.615. The third-order valence-corrected chi connectivity index (χ3v) is 15.8. The van der Waals surface area contributed by atoms with Crippen LogP contribution in [-0.2, 0) is 23.6 Å². The standard InChI is InChI=1S/C26H46N4O2P2S2/c1-9-27(10-2)33(35,28(11-3)12-4)31-25-19-17-23-18-20-26(22-24(23)21-25)32-34(36,29(13-5)14-6)30(15-7)16-8/h17-22H,9-16H2,1-8H3. The summed E-state index contributed by atoms with van der Waals surface area (Å²) in [6, 6.07) is 12.5. The van der Waals surface area contributed by atoms with Crippen LogP contribution in [-0.4, -0.2) is 71.0 Å². The molecule has 0 amide bonds. The van der Waals surface area contributed by atoms with Crippen LogP contribution in [0, 0.1) is 0 Å². The lowest BCUT2D eigenvalue weighted by Gasteiger charge is -2.40. The molecule has 0 fully saturated rings. The second-order valence-corrected chi connectivity index (χ2v) is 15.8. The van der Waals surface area contributed by atoms with Crippen LogP contribution in [0.25, 0.3) is 10.8 Å². The molecule has 0 radical (unpaired) electrons. The lowest BCUT2D eigenvalue weighted by Crippen LogP contribution is -2.34. The van der Waals surface area contributed by atoms with Gasteiger partial charge in [0.05, 0.1) is 0 Å². The Labute approximate surface area is 230 Å². The van der Waals surface area contributed by atoms with E-state index in [4.69, 9.17) is 32.7 Å². The summed E-state index contributed by atoms with van der Waals surface area (Å²) in [5, 5.41) is 2.19. The number of fused-ring (bicyclic) bond motifs is 1. The average Bonchev–Trinajstić information content (AvgIpc) is 2.86. The van der Waals surface area contributed by atoms with Gasteiger partial charge >= 0.3 is 0 Å². The summed E-state index contributed by atoms with van der Waals surface area (Å²) >= 11 is 12.5. The van der Waals surface area contributed by atoms with Crippen molar-refractivity contribution in [2.24, 2.45) is 0 Å². The molecule has 0 atom stereocenters. The largest absolute Gasteiger partial charge is 0.441 e. The Bertz CT molecular complexity index is 945. The second-order valence-electron chi connectivity index (χ2n) is 8.39. The van der Waals surface area contributed by atoms with Gasteiger partial charge in [-0.05, 0) is 58.7 Å². The van der Waals surface area contributed by atoms with Gasteiger partial charge in [0.2, 0.25) is 0 Å². The highest BCUT2D eigenvalue weighted by atomic mass is 32.5. The Balaban J connectivity index is 2.50. The van der Waals surface area contributed by atoms with E-state index in [-0.39, 0.29) is 0 Å². The van der Waals surface area contributed by atoms with Crippen LogP contribution >= 0.6 is 13.1 Å². The fourth-order valence-corrected chi connectivity index (χ4v) is 12.6. The summed E-state index contributed by atoms with van der Waals surface area (Å²) in [5.41, 5.74) is 0. The molecule has 0 aliphatic rings. The van der Waals surface area contributed by atoms with Crippen molar-refractivity contribution in [1.82, 2.24) is 18.7 Å². The van der Waals surface area contributed by atoms with Gasteiger partial charge in [0.25, 0.3) is 13.1 Å². The summed E-state index contributed by atoms with van der Waals surface area (Å²) in [6.45, 7) is 19.3. The van der Waals surface area contributed by atoms with Gasteiger partial charge in [-0.15, -0.1) is 0 Å². The van der Waals surface area contributed by atoms with Crippen LogP contribution in [0.1, 0.15) is 55.4 Å². The van der Waals surface area contributed by atoms with E-state index in [0.717, 1.165) is 74.6 Å². The van der Waals surface area contributed by atoms with Crippen molar-refractivity contribution in [2.45, 2.75) is 55.4 Å². The number of nitrogens with zero attached hydrogens (tertiary/aromatic N) is 4. The summed E-state index contributed by atoms with van der Waals surface area (Å²) < 4.78 is 22.6. The van der Waals surface area contributed by atoms with E-state index >= 15 is 0 Å². The molecule has 0 aliphatic heterocycles. The number of benzene rings is 2. The quantitative estimate of drug-likeness (QED) is 0.192. The molecule has 0 aromatic heterocycles. The Hall–Kier alpha value is -0.560. The molecule has 0 N–H and O–H groups in total. The molecule has 0 aliphatic carbocycles. The lowest BCUT2D eigenvalue weighted by molar-refractivity contribution is 0.357. The molecule has 36 heavy (non-hydrogen) atoms. The van der Waals surface area contributed by atoms with Crippen LogP contribution in [0.15, 0.2) is 36.4 Å². The second kappa shape index (κ2) is 14.6. The van der Waals surface area contributed by atoms with Crippen LogP contribution < -0.4 is 9.05 Å². The normalized spacial score (nSPS) is 12.9. The van der Waals surface area contributed by atoms with Crippen molar-refractivity contribution in [3.63, 3.8) is 0 Å². The Kier molecular flexibility index (Phi) is 12.8. The maximum atomic E-state index is 6.69. The Morgan fingerprint density at radius 2 is 0.778 bits per heavy atom. The molecule has 2 aromatic carbocycles. The summed E-state index contributed by atoms with van der Waals surface area (Å²) in [7, 11) is 0. The summed E-state index contributed by atoms with van der Waals surface area (Å²) in [5.74, 6) is 1.60. The topological polar surface area (TPSA) is 31.4 Å². The molecule has 0 bridgehead atoms. The molecule has 2 aromatic rings. The molecule has 0 unspecified atom stereocenters. The maximum absolute atomic E-state index is 6.69. The van der Waals surface area contributed by atoms with Crippen molar-refractivity contribution in [1.29, 1.82) is 0 Å². The van der Waals surface area contributed by atoms with Crippen molar-refractivity contribution in [3.05, 3.63) is 36.4 Å². The van der Waals surface area contributed by atoms with Gasteiger partial charge in [-0.1, -0.05) is 67.5 Å². The van der Waals surface area contributed by atoms with E-state index < -0.39 is 13.1 Å². The van der Waals surface area contributed by atoms with Crippen molar-refractivity contribution in [2.75, 3.05) is 52.4 Å². The van der Waals surface area contributed by atoms with E-state index in [1.54, 1.807) is 0 Å². The van der Waals surface area contributed by atoms with E-state index in [1.165, 1.54) is 0 Å². The van der Waals surface area contributed by atoms with Gasteiger partial charge in [0.15, 0.2) is 0 Å². The molecular formula is C26H46N4O2P2S2. The minimum atomic E-state index is -2.38. The SMILES string of the molecule is CCN(CC)P(=S)(Oc1ccc2ccc(OP(=S)(N(CC)CC)N(CC)CC)cc2c1)N(CC)CC. The monoisotopic (exact) mass is 572 g/mol. The summed E-state index contributed by atoms with van der Waals surface area (Å²) in [4.78, 5) is 0. The van der Waals surface area contributed by atoms with Crippen LogP contribution in [0.2, 0.25) is 0 Å². The molecule has 0 spiro atoms. The highest BCUT2D eigenvalue weighted by Gasteiger charge is 2.33. The fourth-order valence-electron chi connectivity index (χ4n) is 4.50. The average molecular weight is 573 g/mol. The molecule has 2 rings (SSSR count). The van der Waals surface area contributed by atoms with Crippen LogP contribution in [0.4, 0.5) is 0 Å². The first kappa shape index (κ1) is 31.7. The first-order chi connectivity index (χ1) is 17.2. The molecule has 0 saturated heterocycles. The Morgan fingerprint density at radius 3 is 1.03 bits per heavy atom. The highest BCUT2D eigenvalue weighted by Crippen LogP contribution is 2.55. The van der Waals surface area contributed by atoms with Gasteiger partial charge in [0, 0.05) is 52.4 Å². The zero-order chi connectivity index (χ0) is 26.9. The van der Waals surface area contributed by atoms with E-state index in [2.05, 4.69) is 98.3 Å². The van der Waals surface area contributed by atoms with Gasteiger partial charge in [-0.25, -0.2) is 18.7 Å². The molecule has 10 heteroatoms. The van der Waals surface area contributed by atoms with E-state index in [0.29, 0.717) is 0 Å². The van der Waals surface area contributed by atoms with Crippen LogP contribution in [0.5, 0.6) is 11.5 Å². The number of hydrogen-bond donors (Lipinski definition) is 0. The predicted octanol–water partition coefficient (Wildman–Crippen LogP) is 7.41. The van der Waals surface area contributed by atoms with E-state index in [1.807, 2.05) is 12.1 Å². The van der Waals surface area contributed by atoms with Crippen molar-refractivity contribution < 1.29 is 9.05 Å². The molecule has 0 heterocycles. The maximum Gasteiger partial charge on any atom is 0.253 e. The van der Waals surface area contributed by atoms with Gasteiger partial charge in [-0.3, -0.25) is 0 Å². The van der Waals surface area contributed by atoms with Crippen molar-refractivity contribution >= 4 is 47.5 Å². The van der Waals surface area contributed by atoms with Gasteiger partial charge < -0.3 is 9.05 Å².